The smallest absolute Gasteiger partial charge is 0.230 e. The van der Waals surface area contributed by atoms with Crippen LogP contribution >= 0.6 is 11.6 Å². The summed E-state index contributed by atoms with van der Waals surface area (Å²) in [7, 11) is 0. The number of halogens is 1. The number of nitrogens with zero attached hydrogens (tertiary/aromatic N) is 4. The standard InChI is InChI=1S/C15H19ClN4O/c1-4-20(5-2)15-18-13(17-14(16)19-15)11-8-7-9-12(10-11)21-6-3/h7-10H,4-6H2,1-3H3. The molecule has 2 rings (SSSR count). The van der Waals surface area contributed by atoms with E-state index in [1.807, 2.05) is 36.1 Å². The second kappa shape index (κ2) is 7.22. The van der Waals surface area contributed by atoms with Crippen LogP contribution in [0.5, 0.6) is 5.75 Å². The molecule has 0 aliphatic rings. The Labute approximate surface area is 130 Å². The van der Waals surface area contributed by atoms with Crippen molar-refractivity contribution >= 4 is 17.5 Å². The summed E-state index contributed by atoms with van der Waals surface area (Å²) < 4.78 is 5.50. The number of anilines is 1. The van der Waals surface area contributed by atoms with E-state index < -0.39 is 0 Å². The molecule has 112 valence electrons. The molecule has 0 bridgehead atoms. The molecule has 0 amide bonds. The van der Waals surface area contributed by atoms with E-state index in [1.54, 1.807) is 0 Å². The summed E-state index contributed by atoms with van der Waals surface area (Å²) in [6.45, 7) is 8.30. The molecule has 5 nitrogen and oxygen atoms in total. The van der Waals surface area contributed by atoms with Gasteiger partial charge in [-0.05, 0) is 44.5 Å². The van der Waals surface area contributed by atoms with Gasteiger partial charge in [-0.2, -0.15) is 15.0 Å². The van der Waals surface area contributed by atoms with Crippen LogP contribution in [0.3, 0.4) is 0 Å². The predicted octanol–water partition coefficient (Wildman–Crippen LogP) is 3.44. The van der Waals surface area contributed by atoms with Crippen molar-refractivity contribution in [2.45, 2.75) is 20.8 Å². The molecule has 0 aliphatic heterocycles. The Hall–Kier alpha value is -1.88. The van der Waals surface area contributed by atoms with Gasteiger partial charge in [0.2, 0.25) is 11.2 Å². The normalized spacial score (nSPS) is 10.5. The minimum Gasteiger partial charge on any atom is -0.494 e. The van der Waals surface area contributed by atoms with E-state index >= 15 is 0 Å². The van der Waals surface area contributed by atoms with Crippen LogP contribution in [-0.4, -0.2) is 34.6 Å². The third kappa shape index (κ3) is 3.82. The van der Waals surface area contributed by atoms with Gasteiger partial charge in [0.15, 0.2) is 5.82 Å². The van der Waals surface area contributed by atoms with Crippen LogP contribution in [0.15, 0.2) is 24.3 Å². The Morgan fingerprint density at radius 1 is 1.10 bits per heavy atom. The maximum absolute atomic E-state index is 6.04. The molecule has 0 saturated heterocycles. The lowest BCUT2D eigenvalue weighted by Gasteiger charge is -2.18. The molecule has 1 aromatic heterocycles. The van der Waals surface area contributed by atoms with E-state index in [9.17, 15) is 0 Å². The molecule has 0 aliphatic carbocycles. The molecule has 21 heavy (non-hydrogen) atoms. The zero-order chi connectivity index (χ0) is 15.2. The van der Waals surface area contributed by atoms with E-state index in [2.05, 4.69) is 28.8 Å². The fraction of sp³-hybridized carbons (Fsp3) is 0.400. The molecule has 0 N–H and O–H groups in total. The van der Waals surface area contributed by atoms with Gasteiger partial charge >= 0.3 is 0 Å². The molecule has 1 heterocycles. The van der Waals surface area contributed by atoms with Crippen molar-refractivity contribution in [2.24, 2.45) is 0 Å². The third-order valence-electron chi connectivity index (χ3n) is 3.05. The molecule has 1 aromatic carbocycles. The second-order valence-corrected chi connectivity index (χ2v) is 4.70. The summed E-state index contributed by atoms with van der Waals surface area (Å²) >= 11 is 6.04. The maximum Gasteiger partial charge on any atom is 0.230 e. The summed E-state index contributed by atoms with van der Waals surface area (Å²) in [5, 5.41) is 0.198. The zero-order valence-electron chi connectivity index (χ0n) is 12.5. The second-order valence-electron chi connectivity index (χ2n) is 4.36. The number of hydrogen-bond acceptors (Lipinski definition) is 5. The molecule has 0 saturated carbocycles. The first-order chi connectivity index (χ1) is 10.2. The molecular weight excluding hydrogens is 288 g/mol. The molecule has 0 fully saturated rings. The first-order valence-electron chi connectivity index (χ1n) is 7.07. The van der Waals surface area contributed by atoms with Crippen molar-refractivity contribution in [3.63, 3.8) is 0 Å². The van der Waals surface area contributed by atoms with Crippen molar-refractivity contribution < 1.29 is 4.74 Å². The number of aromatic nitrogens is 3. The Balaban J connectivity index is 2.41. The van der Waals surface area contributed by atoms with Crippen molar-refractivity contribution in [2.75, 3.05) is 24.6 Å². The number of ether oxygens (including phenoxy) is 1. The fourth-order valence-corrected chi connectivity index (χ4v) is 2.16. The summed E-state index contributed by atoms with van der Waals surface area (Å²) in [6, 6.07) is 7.65. The van der Waals surface area contributed by atoms with Gasteiger partial charge in [-0.3, -0.25) is 0 Å². The Bertz CT molecular complexity index is 602. The van der Waals surface area contributed by atoms with E-state index in [4.69, 9.17) is 16.3 Å². The zero-order valence-corrected chi connectivity index (χ0v) is 13.3. The topological polar surface area (TPSA) is 51.1 Å². The number of benzene rings is 1. The van der Waals surface area contributed by atoms with Gasteiger partial charge in [0.05, 0.1) is 6.61 Å². The van der Waals surface area contributed by atoms with Crippen LogP contribution in [0.2, 0.25) is 5.28 Å². The third-order valence-corrected chi connectivity index (χ3v) is 3.21. The van der Waals surface area contributed by atoms with Crippen molar-refractivity contribution in [1.29, 1.82) is 0 Å². The molecule has 0 unspecified atom stereocenters. The van der Waals surface area contributed by atoms with Crippen LogP contribution in [0.25, 0.3) is 11.4 Å². The summed E-state index contributed by atoms with van der Waals surface area (Å²) in [6.07, 6.45) is 0. The Kier molecular flexibility index (Phi) is 5.33. The minimum atomic E-state index is 0.198. The van der Waals surface area contributed by atoms with Crippen molar-refractivity contribution in [1.82, 2.24) is 15.0 Å². The summed E-state index contributed by atoms with van der Waals surface area (Å²) in [5.41, 5.74) is 0.860. The highest BCUT2D eigenvalue weighted by molar-refractivity contribution is 6.28. The lowest BCUT2D eigenvalue weighted by molar-refractivity contribution is 0.340. The van der Waals surface area contributed by atoms with Gasteiger partial charge < -0.3 is 9.64 Å². The average Bonchev–Trinajstić information content (AvgIpc) is 2.49. The monoisotopic (exact) mass is 306 g/mol. The SMILES string of the molecule is CCOc1cccc(-c2nc(Cl)nc(N(CC)CC)n2)c1. The first-order valence-corrected chi connectivity index (χ1v) is 7.45. The van der Waals surface area contributed by atoms with Gasteiger partial charge in [0, 0.05) is 18.7 Å². The van der Waals surface area contributed by atoms with Gasteiger partial charge in [-0.25, -0.2) is 0 Å². The number of rotatable bonds is 6. The lowest BCUT2D eigenvalue weighted by Crippen LogP contribution is -2.24. The van der Waals surface area contributed by atoms with Gasteiger partial charge in [0.1, 0.15) is 5.75 Å². The molecule has 2 aromatic rings. The Morgan fingerprint density at radius 2 is 1.86 bits per heavy atom. The quantitative estimate of drug-likeness (QED) is 0.818. The molecular formula is C15H19ClN4O. The highest BCUT2D eigenvalue weighted by atomic mass is 35.5. The molecule has 0 radical (unpaired) electrons. The minimum absolute atomic E-state index is 0.198. The molecule has 0 atom stereocenters. The lowest BCUT2D eigenvalue weighted by atomic mass is 10.2. The van der Waals surface area contributed by atoms with Gasteiger partial charge in [0.25, 0.3) is 0 Å². The fourth-order valence-electron chi connectivity index (χ4n) is 2.01. The Morgan fingerprint density at radius 3 is 2.52 bits per heavy atom. The van der Waals surface area contributed by atoms with E-state index in [-0.39, 0.29) is 5.28 Å². The van der Waals surface area contributed by atoms with Crippen molar-refractivity contribution in [3.05, 3.63) is 29.5 Å². The molecule has 6 heteroatoms. The molecule has 0 spiro atoms. The summed E-state index contributed by atoms with van der Waals surface area (Å²) in [4.78, 5) is 15.0. The predicted molar refractivity (Wildman–Crippen MR) is 85.0 cm³/mol. The van der Waals surface area contributed by atoms with E-state index in [1.165, 1.54) is 0 Å². The van der Waals surface area contributed by atoms with Crippen LogP contribution in [0.1, 0.15) is 20.8 Å². The van der Waals surface area contributed by atoms with Crippen molar-refractivity contribution in [3.8, 4) is 17.1 Å². The van der Waals surface area contributed by atoms with Crippen LogP contribution < -0.4 is 9.64 Å². The van der Waals surface area contributed by atoms with Crippen LogP contribution in [0.4, 0.5) is 5.95 Å². The van der Waals surface area contributed by atoms with Gasteiger partial charge in [-0.1, -0.05) is 12.1 Å². The first kappa shape index (κ1) is 15.5. The number of hydrogen-bond donors (Lipinski definition) is 0. The van der Waals surface area contributed by atoms with Crippen LogP contribution in [-0.2, 0) is 0 Å². The van der Waals surface area contributed by atoms with Gasteiger partial charge in [-0.15, -0.1) is 0 Å². The highest BCUT2D eigenvalue weighted by Gasteiger charge is 2.12. The maximum atomic E-state index is 6.04. The van der Waals surface area contributed by atoms with Crippen LogP contribution in [0, 0.1) is 0 Å². The summed E-state index contributed by atoms with van der Waals surface area (Å²) in [5.74, 6) is 1.94. The average molecular weight is 307 g/mol. The largest absolute Gasteiger partial charge is 0.494 e. The van der Waals surface area contributed by atoms with E-state index in [0.717, 1.165) is 24.4 Å². The highest BCUT2D eigenvalue weighted by Crippen LogP contribution is 2.23. The van der Waals surface area contributed by atoms with E-state index in [0.29, 0.717) is 18.4 Å².